The van der Waals surface area contributed by atoms with Crippen LogP contribution in [0.2, 0.25) is 0 Å². The predicted molar refractivity (Wildman–Crippen MR) is 164 cm³/mol. The Morgan fingerprint density at radius 2 is 0.475 bits per heavy atom. The number of rotatable bonds is 3. The first kappa shape index (κ1) is 45.9. The zero-order valence-corrected chi connectivity index (χ0v) is 30.9. The van der Waals surface area contributed by atoms with Gasteiger partial charge < -0.3 is 15.3 Å². The van der Waals surface area contributed by atoms with Crippen molar-refractivity contribution in [1.82, 2.24) is 0 Å². The summed E-state index contributed by atoms with van der Waals surface area (Å²) in [5.41, 5.74) is -2.29. The fourth-order valence-corrected chi connectivity index (χ4v) is 1.67. The van der Waals surface area contributed by atoms with E-state index in [0.717, 1.165) is 0 Å². The molecule has 3 N–H and O–H groups in total. The van der Waals surface area contributed by atoms with Gasteiger partial charge in [0.1, 0.15) is 17.3 Å². The standard InChI is InChI=1S/3C11H20O2.Gd/c3*1-10(2,3)8(12)7-9(13)11(4,5)6;/h3*7,12H,1-6H3;. The number of hydrogen-bond donors (Lipinski definition) is 3. The Bertz CT molecular complexity index is 801. The van der Waals surface area contributed by atoms with E-state index in [1.165, 1.54) is 18.2 Å². The van der Waals surface area contributed by atoms with E-state index in [-0.39, 0.29) is 90.8 Å². The Morgan fingerprint density at radius 1 is 0.350 bits per heavy atom. The van der Waals surface area contributed by atoms with Crippen LogP contribution in [0.15, 0.2) is 35.5 Å². The molecule has 0 saturated carbocycles. The molecule has 236 valence electrons. The van der Waals surface area contributed by atoms with Crippen LogP contribution in [0.1, 0.15) is 125 Å². The van der Waals surface area contributed by atoms with Crippen molar-refractivity contribution in [1.29, 1.82) is 0 Å². The molecule has 0 bridgehead atoms. The first-order valence-corrected chi connectivity index (χ1v) is 13.5. The summed E-state index contributed by atoms with van der Waals surface area (Å²) in [6, 6.07) is 0. The summed E-state index contributed by atoms with van der Waals surface area (Å²) in [6.45, 7) is 33.3. The molecule has 0 saturated heterocycles. The number of ketones is 3. The normalized spacial score (nSPS) is 14.1. The molecule has 0 aromatic rings. The zero-order valence-electron chi connectivity index (χ0n) is 28.7. The minimum atomic E-state index is -0.417. The van der Waals surface area contributed by atoms with Crippen LogP contribution in [-0.2, 0) is 14.4 Å². The molecule has 0 amide bonds. The molecule has 0 fully saturated rings. The maximum Gasteiger partial charge on any atom is 0.164 e. The van der Waals surface area contributed by atoms with Crippen molar-refractivity contribution < 1.29 is 69.6 Å². The van der Waals surface area contributed by atoms with Gasteiger partial charge in [-0.3, -0.25) is 14.4 Å². The van der Waals surface area contributed by atoms with E-state index >= 15 is 0 Å². The second kappa shape index (κ2) is 16.6. The van der Waals surface area contributed by atoms with Gasteiger partial charge in [0.15, 0.2) is 17.3 Å². The van der Waals surface area contributed by atoms with E-state index in [0.29, 0.717) is 0 Å². The van der Waals surface area contributed by atoms with Gasteiger partial charge in [-0.15, -0.1) is 0 Å². The van der Waals surface area contributed by atoms with Crippen molar-refractivity contribution in [2.24, 2.45) is 32.5 Å². The first-order valence-electron chi connectivity index (χ1n) is 13.5. The van der Waals surface area contributed by atoms with Gasteiger partial charge in [0.25, 0.3) is 0 Å². The second-order valence-corrected chi connectivity index (χ2v) is 16.2. The van der Waals surface area contributed by atoms with Crippen molar-refractivity contribution in [3.05, 3.63) is 35.5 Å². The van der Waals surface area contributed by atoms with Crippen molar-refractivity contribution in [3.63, 3.8) is 0 Å². The van der Waals surface area contributed by atoms with Gasteiger partial charge >= 0.3 is 0 Å². The molecule has 7 heteroatoms. The summed E-state index contributed by atoms with van der Waals surface area (Å²) >= 11 is 0. The smallest absolute Gasteiger partial charge is 0.164 e. The Labute approximate surface area is 277 Å². The average Bonchev–Trinajstić information content (AvgIpc) is 2.64. The van der Waals surface area contributed by atoms with E-state index in [4.69, 9.17) is 0 Å². The number of allylic oxidation sites excluding steroid dienone is 6. The quantitative estimate of drug-likeness (QED) is 0.199. The summed E-state index contributed by atoms with van der Waals surface area (Å²) in [4.78, 5) is 34.5. The summed E-state index contributed by atoms with van der Waals surface area (Å²) in [6.07, 6.45) is 4.00. The van der Waals surface area contributed by atoms with Crippen LogP contribution in [0.25, 0.3) is 0 Å². The third-order valence-electron chi connectivity index (χ3n) is 5.33. The minimum Gasteiger partial charge on any atom is -0.512 e. The topological polar surface area (TPSA) is 112 Å². The number of hydrogen-bond acceptors (Lipinski definition) is 6. The molecular weight excluding hydrogens is 650 g/mol. The second-order valence-electron chi connectivity index (χ2n) is 16.2. The largest absolute Gasteiger partial charge is 0.512 e. The van der Waals surface area contributed by atoms with Crippen LogP contribution < -0.4 is 0 Å². The molecule has 0 aromatic heterocycles. The third kappa shape index (κ3) is 21.7. The molecule has 0 heterocycles. The molecule has 0 spiro atoms. The number of carbonyl (C=O) groups excluding carboxylic acids is 3. The van der Waals surface area contributed by atoms with E-state index in [2.05, 4.69) is 0 Å². The molecule has 0 rings (SSSR count). The van der Waals surface area contributed by atoms with Gasteiger partial charge in [-0.1, -0.05) is 125 Å². The summed E-state index contributed by atoms with van der Waals surface area (Å²) in [5.74, 6) is 0.312. The van der Waals surface area contributed by atoms with Crippen molar-refractivity contribution in [2.75, 3.05) is 0 Å². The third-order valence-corrected chi connectivity index (χ3v) is 5.33. The molecule has 0 aliphatic rings. The van der Waals surface area contributed by atoms with Gasteiger partial charge in [0, 0.05) is 90.7 Å². The fraction of sp³-hybridized carbons (Fsp3) is 0.727. The molecule has 6 nitrogen and oxygen atoms in total. The first-order chi connectivity index (χ1) is 16.6. The van der Waals surface area contributed by atoms with Gasteiger partial charge in [-0.05, 0) is 0 Å². The molecule has 0 aliphatic carbocycles. The van der Waals surface area contributed by atoms with Crippen LogP contribution in [0.5, 0.6) is 0 Å². The van der Waals surface area contributed by atoms with Crippen molar-refractivity contribution in [3.8, 4) is 0 Å². The Hall–Kier alpha value is -1.05. The molecular formula is C33H60GdO6. The van der Waals surface area contributed by atoms with Crippen LogP contribution in [0, 0.1) is 72.4 Å². The Morgan fingerprint density at radius 3 is 0.550 bits per heavy atom. The van der Waals surface area contributed by atoms with Crippen molar-refractivity contribution in [2.45, 2.75) is 125 Å². The predicted octanol–water partition coefficient (Wildman–Crippen LogP) is 9.27. The molecule has 0 aliphatic heterocycles. The van der Waals surface area contributed by atoms with Crippen molar-refractivity contribution >= 4 is 17.3 Å². The van der Waals surface area contributed by atoms with Gasteiger partial charge in [0.05, 0.1) is 0 Å². The molecule has 0 unspecified atom stereocenters. The number of carbonyl (C=O) groups is 3. The number of aliphatic hydroxyl groups is 3. The summed E-state index contributed by atoms with van der Waals surface area (Å²) in [5, 5.41) is 28.7. The number of aliphatic hydroxyl groups excluding tert-OH is 3. The Kier molecular flexibility index (Phi) is 19.0. The van der Waals surface area contributed by atoms with Crippen LogP contribution in [-0.4, -0.2) is 32.7 Å². The molecule has 0 aromatic carbocycles. The summed E-state index contributed by atoms with van der Waals surface area (Å²) < 4.78 is 0. The SMILES string of the molecule is CC(C)(C)C(=O)C=C(O)C(C)(C)C.CC(C)(C)C(=O)C=C(O)C(C)(C)C.CC(C)(C)C(=O)C=C(O)C(C)(C)C.[Gd]. The molecule has 0 atom stereocenters. The average molecular weight is 710 g/mol. The monoisotopic (exact) mass is 710 g/mol. The fourth-order valence-electron chi connectivity index (χ4n) is 1.67. The minimum absolute atomic E-state index is 0. The van der Waals surface area contributed by atoms with E-state index in [1.54, 1.807) is 0 Å². The Balaban J connectivity index is -0.000000240. The van der Waals surface area contributed by atoms with E-state index < -0.39 is 16.2 Å². The maximum absolute atomic E-state index is 11.5. The molecule has 40 heavy (non-hydrogen) atoms. The molecule has 0 radical (unpaired) electrons. The maximum atomic E-state index is 11.5. The van der Waals surface area contributed by atoms with E-state index in [1.807, 2.05) is 125 Å². The van der Waals surface area contributed by atoms with Crippen LogP contribution in [0.3, 0.4) is 0 Å². The van der Waals surface area contributed by atoms with Gasteiger partial charge in [0.2, 0.25) is 0 Å². The van der Waals surface area contributed by atoms with E-state index in [9.17, 15) is 29.7 Å². The summed E-state index contributed by atoms with van der Waals surface area (Å²) in [7, 11) is 0. The van der Waals surface area contributed by atoms with Crippen LogP contribution >= 0.6 is 0 Å². The van der Waals surface area contributed by atoms with Gasteiger partial charge in [-0.25, -0.2) is 0 Å². The van der Waals surface area contributed by atoms with Crippen LogP contribution in [0.4, 0.5) is 0 Å². The zero-order chi connectivity index (χ0) is 32.6. The van der Waals surface area contributed by atoms with Gasteiger partial charge in [-0.2, -0.15) is 0 Å².